The number of rotatable bonds is 5. The molecule has 3 N–H and O–H groups in total. The standard InChI is InChI=1S/C16H21N3O2/c20-15(19-13-5-6-13)7-8-17-16(21)14-9-11-3-1-2-4-12(11)10-18-14/h1-4,13-14,18H,5-10H2,(H,17,21)(H,19,20)/t14-/m1/s1. The first-order valence-corrected chi connectivity index (χ1v) is 7.59. The molecule has 112 valence electrons. The van der Waals surface area contributed by atoms with Gasteiger partial charge in [0.05, 0.1) is 6.04 Å². The Morgan fingerprint density at radius 2 is 1.95 bits per heavy atom. The molecule has 5 nitrogen and oxygen atoms in total. The Bertz CT molecular complexity index is 540. The van der Waals surface area contributed by atoms with Crippen LogP contribution in [0.15, 0.2) is 24.3 Å². The van der Waals surface area contributed by atoms with E-state index in [1.807, 2.05) is 12.1 Å². The molecule has 0 unspecified atom stereocenters. The summed E-state index contributed by atoms with van der Waals surface area (Å²) in [7, 11) is 0. The lowest BCUT2D eigenvalue weighted by atomic mass is 9.95. The van der Waals surface area contributed by atoms with Gasteiger partial charge in [0, 0.05) is 25.6 Å². The third kappa shape index (κ3) is 3.82. The number of hydrogen-bond donors (Lipinski definition) is 3. The Balaban J connectivity index is 1.42. The van der Waals surface area contributed by atoms with Gasteiger partial charge in [-0.2, -0.15) is 0 Å². The molecule has 0 spiro atoms. The van der Waals surface area contributed by atoms with Crippen LogP contribution in [0.1, 0.15) is 30.4 Å². The fourth-order valence-corrected chi connectivity index (χ4v) is 2.59. The predicted octanol–water partition coefficient (Wildman–Crippen LogP) is 0.486. The summed E-state index contributed by atoms with van der Waals surface area (Å²) in [5.74, 6) is 0.00322. The van der Waals surface area contributed by atoms with E-state index < -0.39 is 0 Å². The molecule has 1 aliphatic heterocycles. The van der Waals surface area contributed by atoms with Crippen LogP contribution >= 0.6 is 0 Å². The molecule has 0 bridgehead atoms. The maximum Gasteiger partial charge on any atom is 0.237 e. The van der Waals surface area contributed by atoms with E-state index in [4.69, 9.17) is 0 Å². The van der Waals surface area contributed by atoms with Gasteiger partial charge in [0.25, 0.3) is 0 Å². The fraction of sp³-hybridized carbons (Fsp3) is 0.500. The van der Waals surface area contributed by atoms with E-state index in [2.05, 4.69) is 28.1 Å². The molecule has 0 aromatic heterocycles. The summed E-state index contributed by atoms with van der Waals surface area (Å²) in [6.45, 7) is 1.12. The van der Waals surface area contributed by atoms with E-state index in [9.17, 15) is 9.59 Å². The third-order valence-electron chi connectivity index (χ3n) is 3.99. The van der Waals surface area contributed by atoms with Gasteiger partial charge in [-0.15, -0.1) is 0 Å². The Morgan fingerprint density at radius 1 is 1.19 bits per heavy atom. The average Bonchev–Trinajstić information content (AvgIpc) is 3.30. The van der Waals surface area contributed by atoms with Gasteiger partial charge >= 0.3 is 0 Å². The summed E-state index contributed by atoms with van der Waals surface area (Å²) < 4.78 is 0. The van der Waals surface area contributed by atoms with Crippen LogP contribution in [0.3, 0.4) is 0 Å². The molecule has 2 amide bonds. The average molecular weight is 287 g/mol. The van der Waals surface area contributed by atoms with Crippen molar-refractivity contribution in [1.82, 2.24) is 16.0 Å². The summed E-state index contributed by atoms with van der Waals surface area (Å²) in [5.41, 5.74) is 2.48. The summed E-state index contributed by atoms with van der Waals surface area (Å²) >= 11 is 0. The summed E-state index contributed by atoms with van der Waals surface area (Å²) in [6.07, 6.45) is 3.23. The van der Waals surface area contributed by atoms with E-state index >= 15 is 0 Å². The smallest absolute Gasteiger partial charge is 0.237 e. The maximum absolute atomic E-state index is 12.1. The van der Waals surface area contributed by atoms with Gasteiger partial charge < -0.3 is 16.0 Å². The van der Waals surface area contributed by atoms with Gasteiger partial charge in [-0.3, -0.25) is 9.59 Å². The summed E-state index contributed by atoms with van der Waals surface area (Å²) in [6, 6.07) is 8.34. The molecule has 2 aliphatic rings. The fourth-order valence-electron chi connectivity index (χ4n) is 2.59. The van der Waals surface area contributed by atoms with Gasteiger partial charge in [-0.1, -0.05) is 24.3 Å². The van der Waals surface area contributed by atoms with Crippen LogP contribution in [0.2, 0.25) is 0 Å². The Hall–Kier alpha value is -1.88. The van der Waals surface area contributed by atoms with Crippen LogP contribution in [0.5, 0.6) is 0 Å². The number of fused-ring (bicyclic) bond motifs is 1. The molecular formula is C16H21N3O2. The summed E-state index contributed by atoms with van der Waals surface area (Å²) in [5, 5.41) is 9.00. The molecule has 1 heterocycles. The van der Waals surface area contributed by atoms with Crippen molar-refractivity contribution >= 4 is 11.8 Å². The lowest BCUT2D eigenvalue weighted by Gasteiger charge is -2.25. The highest BCUT2D eigenvalue weighted by Gasteiger charge is 2.25. The number of hydrogen-bond acceptors (Lipinski definition) is 3. The summed E-state index contributed by atoms with van der Waals surface area (Å²) in [4.78, 5) is 23.7. The molecule has 1 aromatic rings. The number of nitrogens with one attached hydrogen (secondary N) is 3. The number of carbonyl (C=O) groups is 2. The van der Waals surface area contributed by atoms with Crippen molar-refractivity contribution in [1.29, 1.82) is 0 Å². The second-order valence-electron chi connectivity index (χ2n) is 5.79. The Labute approximate surface area is 124 Å². The van der Waals surface area contributed by atoms with Crippen LogP contribution in [0, 0.1) is 0 Å². The molecule has 5 heteroatoms. The zero-order valence-corrected chi connectivity index (χ0v) is 12.0. The largest absolute Gasteiger partial charge is 0.354 e. The van der Waals surface area contributed by atoms with Gasteiger partial charge in [0.15, 0.2) is 0 Å². The van der Waals surface area contributed by atoms with E-state index in [1.165, 1.54) is 11.1 Å². The predicted molar refractivity (Wildman–Crippen MR) is 79.6 cm³/mol. The molecule has 1 aliphatic carbocycles. The van der Waals surface area contributed by atoms with E-state index in [-0.39, 0.29) is 17.9 Å². The molecule has 1 aromatic carbocycles. The first kappa shape index (κ1) is 14.1. The van der Waals surface area contributed by atoms with Crippen LogP contribution < -0.4 is 16.0 Å². The van der Waals surface area contributed by atoms with E-state index in [0.29, 0.717) is 25.4 Å². The van der Waals surface area contributed by atoms with E-state index in [1.54, 1.807) is 0 Å². The van der Waals surface area contributed by atoms with E-state index in [0.717, 1.165) is 19.4 Å². The molecule has 0 radical (unpaired) electrons. The number of carbonyl (C=O) groups excluding carboxylic acids is 2. The molecule has 1 fully saturated rings. The zero-order chi connectivity index (χ0) is 14.7. The van der Waals surface area contributed by atoms with Crippen molar-refractivity contribution in [2.45, 2.75) is 44.3 Å². The highest BCUT2D eigenvalue weighted by Crippen LogP contribution is 2.18. The van der Waals surface area contributed by atoms with Crippen molar-refractivity contribution in [3.63, 3.8) is 0 Å². The van der Waals surface area contributed by atoms with Crippen molar-refractivity contribution in [2.24, 2.45) is 0 Å². The van der Waals surface area contributed by atoms with Crippen LogP contribution in [0.25, 0.3) is 0 Å². The molecule has 1 atom stereocenters. The lowest BCUT2D eigenvalue weighted by molar-refractivity contribution is -0.123. The van der Waals surface area contributed by atoms with Crippen LogP contribution in [0.4, 0.5) is 0 Å². The molecule has 21 heavy (non-hydrogen) atoms. The minimum Gasteiger partial charge on any atom is -0.354 e. The highest BCUT2D eigenvalue weighted by atomic mass is 16.2. The Morgan fingerprint density at radius 3 is 2.71 bits per heavy atom. The van der Waals surface area contributed by atoms with Crippen LogP contribution in [-0.4, -0.2) is 30.4 Å². The normalized spacial score (nSPS) is 20.5. The minimum absolute atomic E-state index is 0.0243. The lowest BCUT2D eigenvalue weighted by Crippen LogP contribution is -2.48. The second kappa shape index (κ2) is 6.26. The molecule has 0 saturated heterocycles. The van der Waals surface area contributed by atoms with Crippen molar-refractivity contribution < 1.29 is 9.59 Å². The monoisotopic (exact) mass is 287 g/mol. The first-order valence-electron chi connectivity index (χ1n) is 7.59. The molecular weight excluding hydrogens is 266 g/mol. The Kier molecular flexibility index (Phi) is 4.20. The SMILES string of the molecule is O=C(CCNC(=O)[C@H]1Cc2ccccc2CN1)NC1CC1. The highest BCUT2D eigenvalue weighted by molar-refractivity contribution is 5.83. The number of amides is 2. The number of benzene rings is 1. The van der Waals surface area contributed by atoms with Crippen molar-refractivity contribution in [3.05, 3.63) is 35.4 Å². The van der Waals surface area contributed by atoms with Gasteiger partial charge in [0.2, 0.25) is 11.8 Å². The molecule has 3 rings (SSSR count). The van der Waals surface area contributed by atoms with Gasteiger partial charge in [-0.05, 0) is 30.4 Å². The zero-order valence-electron chi connectivity index (χ0n) is 12.0. The van der Waals surface area contributed by atoms with Gasteiger partial charge in [0.1, 0.15) is 0 Å². The third-order valence-corrected chi connectivity index (χ3v) is 3.99. The molecule has 1 saturated carbocycles. The van der Waals surface area contributed by atoms with Crippen molar-refractivity contribution in [2.75, 3.05) is 6.54 Å². The quantitative estimate of drug-likeness (QED) is 0.738. The topological polar surface area (TPSA) is 70.2 Å². The second-order valence-corrected chi connectivity index (χ2v) is 5.79. The minimum atomic E-state index is -0.202. The maximum atomic E-state index is 12.1. The van der Waals surface area contributed by atoms with Crippen molar-refractivity contribution in [3.8, 4) is 0 Å². The van der Waals surface area contributed by atoms with Crippen LogP contribution in [-0.2, 0) is 22.6 Å². The van der Waals surface area contributed by atoms with Gasteiger partial charge in [-0.25, -0.2) is 0 Å². The first-order chi connectivity index (χ1) is 10.2.